The molecule has 0 aliphatic rings. The number of benzene rings is 1. The highest BCUT2D eigenvalue weighted by molar-refractivity contribution is 6.32. The van der Waals surface area contributed by atoms with E-state index in [1.54, 1.807) is 10.9 Å². The highest BCUT2D eigenvalue weighted by Crippen LogP contribution is 2.02. The van der Waals surface area contributed by atoms with Crippen LogP contribution in [0.3, 0.4) is 0 Å². The van der Waals surface area contributed by atoms with Gasteiger partial charge in [0.1, 0.15) is 7.85 Å². The van der Waals surface area contributed by atoms with E-state index >= 15 is 0 Å². The summed E-state index contributed by atoms with van der Waals surface area (Å²) in [5.41, 5.74) is 1.79. The summed E-state index contributed by atoms with van der Waals surface area (Å²) >= 11 is 0. The molecule has 0 fully saturated rings. The molecular formula is C9H11BN2O2. The quantitative estimate of drug-likeness (QED) is 0.532. The Labute approximate surface area is 83.2 Å². The van der Waals surface area contributed by atoms with Gasteiger partial charge in [-0.05, 0) is 18.2 Å². The van der Waals surface area contributed by atoms with Crippen molar-refractivity contribution in [2.45, 2.75) is 0 Å². The second kappa shape index (κ2) is 5.21. The number of hydrogen-bond acceptors (Lipinski definition) is 1. The third kappa shape index (κ3) is 2.45. The third-order valence-corrected chi connectivity index (χ3v) is 1.66. The van der Waals surface area contributed by atoms with E-state index in [-0.39, 0.29) is 11.0 Å². The van der Waals surface area contributed by atoms with Crippen molar-refractivity contribution >= 4 is 13.3 Å². The van der Waals surface area contributed by atoms with E-state index in [2.05, 4.69) is 5.10 Å². The highest BCUT2D eigenvalue weighted by atomic mass is 16.0. The molecule has 72 valence electrons. The first-order valence-electron chi connectivity index (χ1n) is 3.72. The first-order chi connectivity index (χ1) is 5.86. The summed E-state index contributed by atoms with van der Waals surface area (Å²) in [7, 11) is 5.55. The van der Waals surface area contributed by atoms with Crippen LogP contribution in [0.5, 0.6) is 0 Å². The zero-order chi connectivity index (χ0) is 8.39. The van der Waals surface area contributed by atoms with E-state index in [0.29, 0.717) is 0 Å². The molecular weight excluding hydrogens is 179 g/mol. The van der Waals surface area contributed by atoms with Gasteiger partial charge in [0, 0.05) is 12.4 Å². The molecule has 0 atom stereocenters. The lowest BCUT2D eigenvalue weighted by Gasteiger charge is -2.00. The summed E-state index contributed by atoms with van der Waals surface area (Å²) < 4.78 is 1.79. The van der Waals surface area contributed by atoms with Gasteiger partial charge < -0.3 is 11.0 Å². The largest absolute Gasteiger partial charge is 0.412 e. The van der Waals surface area contributed by atoms with Gasteiger partial charge in [-0.2, -0.15) is 5.10 Å². The molecule has 1 aromatic heterocycles. The van der Waals surface area contributed by atoms with E-state index < -0.39 is 0 Å². The number of rotatable bonds is 1. The van der Waals surface area contributed by atoms with Gasteiger partial charge in [0.25, 0.3) is 0 Å². The summed E-state index contributed by atoms with van der Waals surface area (Å²) in [6, 6.07) is 9.47. The van der Waals surface area contributed by atoms with Gasteiger partial charge in [-0.1, -0.05) is 17.6 Å². The van der Waals surface area contributed by atoms with Gasteiger partial charge in [-0.3, -0.25) is 0 Å². The van der Waals surface area contributed by atoms with Crippen molar-refractivity contribution in [3.8, 4) is 5.69 Å². The monoisotopic (exact) mass is 190 g/mol. The van der Waals surface area contributed by atoms with Crippen molar-refractivity contribution < 1.29 is 11.0 Å². The van der Waals surface area contributed by atoms with Crippen LogP contribution in [0.1, 0.15) is 0 Å². The molecule has 0 amide bonds. The fraction of sp³-hybridized carbons (Fsp3) is 0. The van der Waals surface area contributed by atoms with E-state index in [0.717, 1.165) is 11.2 Å². The van der Waals surface area contributed by atoms with E-state index in [1.165, 1.54) is 0 Å². The van der Waals surface area contributed by atoms with Crippen LogP contribution in [0.4, 0.5) is 0 Å². The molecule has 1 heterocycles. The van der Waals surface area contributed by atoms with Crippen molar-refractivity contribution in [1.82, 2.24) is 9.78 Å². The minimum absolute atomic E-state index is 0. The molecule has 0 unspecified atom stereocenters. The van der Waals surface area contributed by atoms with Crippen LogP contribution >= 0.6 is 0 Å². The molecule has 1 aromatic carbocycles. The Morgan fingerprint density at radius 1 is 1.07 bits per heavy atom. The van der Waals surface area contributed by atoms with Crippen LogP contribution in [-0.2, 0) is 0 Å². The smallest absolute Gasteiger partial charge is 0.113 e. The van der Waals surface area contributed by atoms with Gasteiger partial charge in [-0.25, -0.2) is 4.68 Å². The van der Waals surface area contributed by atoms with Crippen molar-refractivity contribution in [2.75, 3.05) is 0 Å². The van der Waals surface area contributed by atoms with Crippen LogP contribution in [0.15, 0.2) is 42.7 Å². The summed E-state index contributed by atoms with van der Waals surface area (Å²) in [5, 5.41) is 4.09. The highest BCUT2D eigenvalue weighted by Gasteiger charge is 1.92. The molecule has 0 aliphatic carbocycles. The lowest BCUT2D eigenvalue weighted by molar-refractivity contribution is 0.823. The Balaban J connectivity index is 0.000000845. The fourth-order valence-corrected chi connectivity index (χ4v) is 1.05. The van der Waals surface area contributed by atoms with Crippen molar-refractivity contribution in [3.05, 3.63) is 42.7 Å². The second-order valence-corrected chi connectivity index (χ2v) is 2.54. The summed E-state index contributed by atoms with van der Waals surface area (Å²) in [6.07, 6.45) is 3.64. The van der Waals surface area contributed by atoms with Crippen LogP contribution in [0.2, 0.25) is 0 Å². The molecule has 2 aromatic rings. The van der Waals surface area contributed by atoms with Crippen molar-refractivity contribution in [2.24, 2.45) is 0 Å². The maximum atomic E-state index is 5.55. The van der Waals surface area contributed by atoms with E-state index in [1.807, 2.05) is 36.5 Å². The molecule has 0 bridgehead atoms. The number of aromatic nitrogens is 2. The van der Waals surface area contributed by atoms with Crippen molar-refractivity contribution in [3.63, 3.8) is 0 Å². The zero-order valence-corrected chi connectivity index (χ0v) is 7.51. The maximum absolute atomic E-state index is 5.55. The van der Waals surface area contributed by atoms with Crippen molar-refractivity contribution in [1.29, 1.82) is 0 Å². The summed E-state index contributed by atoms with van der Waals surface area (Å²) in [6.45, 7) is 0. The minimum atomic E-state index is 0. The molecule has 4 N–H and O–H groups in total. The zero-order valence-electron chi connectivity index (χ0n) is 7.51. The van der Waals surface area contributed by atoms with E-state index in [9.17, 15) is 0 Å². The van der Waals surface area contributed by atoms with Gasteiger partial charge in [0.05, 0.1) is 5.69 Å². The maximum Gasteiger partial charge on any atom is 0.113 e. The second-order valence-electron chi connectivity index (χ2n) is 2.54. The molecule has 0 saturated heterocycles. The van der Waals surface area contributed by atoms with E-state index in [4.69, 9.17) is 7.85 Å². The van der Waals surface area contributed by atoms with Crippen LogP contribution in [0.25, 0.3) is 5.69 Å². The third-order valence-electron chi connectivity index (χ3n) is 1.66. The molecule has 2 rings (SSSR count). The molecule has 0 saturated carbocycles. The number of nitrogens with zero attached hydrogens (tertiary/aromatic N) is 2. The number of hydrogen-bond donors (Lipinski definition) is 0. The van der Waals surface area contributed by atoms with Gasteiger partial charge in [-0.15, -0.1) is 0 Å². The Morgan fingerprint density at radius 2 is 1.71 bits per heavy atom. The average molecular weight is 190 g/mol. The lowest BCUT2D eigenvalue weighted by Crippen LogP contribution is -2.02. The Bertz CT molecular complexity index is 359. The topological polar surface area (TPSA) is 80.8 Å². The van der Waals surface area contributed by atoms with Gasteiger partial charge >= 0.3 is 0 Å². The molecule has 4 nitrogen and oxygen atoms in total. The predicted octanol–water partition coefficient (Wildman–Crippen LogP) is -0.983. The standard InChI is InChI=1S/C9H7BN2.2H2O/c10-8-2-4-9(5-3-8)12-7-1-6-11-12;;/h1-7H;2*1H2. The summed E-state index contributed by atoms with van der Waals surface area (Å²) in [4.78, 5) is 0. The first kappa shape index (κ1) is 12.4. The Morgan fingerprint density at radius 3 is 2.21 bits per heavy atom. The minimum Gasteiger partial charge on any atom is -0.412 e. The molecule has 5 heteroatoms. The average Bonchev–Trinajstić information content (AvgIpc) is 2.58. The molecule has 2 radical (unpaired) electrons. The van der Waals surface area contributed by atoms with Gasteiger partial charge in [0.2, 0.25) is 0 Å². The van der Waals surface area contributed by atoms with Crippen LogP contribution in [-0.4, -0.2) is 28.6 Å². The molecule has 0 aliphatic heterocycles. The molecule has 14 heavy (non-hydrogen) atoms. The predicted molar refractivity (Wildman–Crippen MR) is 56.2 cm³/mol. The van der Waals surface area contributed by atoms with Gasteiger partial charge in [0.15, 0.2) is 0 Å². The summed E-state index contributed by atoms with van der Waals surface area (Å²) in [5.74, 6) is 0. The van der Waals surface area contributed by atoms with Crippen LogP contribution in [0, 0.1) is 0 Å². The van der Waals surface area contributed by atoms with Crippen LogP contribution < -0.4 is 5.46 Å². The molecule has 0 spiro atoms. The fourth-order valence-electron chi connectivity index (χ4n) is 1.05. The first-order valence-corrected chi connectivity index (χ1v) is 3.72. The Hall–Kier alpha value is -1.59. The normalized spacial score (nSPS) is 8.57. The SMILES string of the molecule is O.O.[B]c1ccc(-n2cccn2)cc1. The lowest BCUT2D eigenvalue weighted by atomic mass is 9.96. The Kier molecular flexibility index (Phi) is 4.62.